The average Bonchev–Trinajstić information content (AvgIpc) is 2.65. The first-order valence-electron chi connectivity index (χ1n) is 5.70. The summed E-state index contributed by atoms with van der Waals surface area (Å²) in [7, 11) is 0. The van der Waals surface area contributed by atoms with Gasteiger partial charge in [0.25, 0.3) is 0 Å². The molecule has 2 rings (SSSR count). The zero-order chi connectivity index (χ0) is 13.8. The van der Waals surface area contributed by atoms with Crippen LogP contribution in [0, 0.1) is 5.82 Å². The van der Waals surface area contributed by atoms with Gasteiger partial charge in [0.05, 0.1) is 0 Å². The van der Waals surface area contributed by atoms with Gasteiger partial charge >= 0.3 is 6.03 Å². The van der Waals surface area contributed by atoms with Crippen LogP contribution in [0.1, 0.15) is 12.0 Å². The summed E-state index contributed by atoms with van der Waals surface area (Å²) in [6.07, 6.45) is 0.453. The van der Waals surface area contributed by atoms with Crippen molar-refractivity contribution in [1.82, 2.24) is 15.8 Å². The molecule has 1 saturated heterocycles. The lowest BCUT2D eigenvalue weighted by molar-refractivity contribution is -0.125. The van der Waals surface area contributed by atoms with Crippen molar-refractivity contribution in [1.29, 1.82) is 0 Å². The molecule has 0 radical (unpaired) electrons. The fraction of sp³-hybridized carbons (Fsp3) is 0.250. The molecule has 0 spiro atoms. The molecule has 1 aliphatic rings. The Bertz CT molecular complexity index is 533. The van der Waals surface area contributed by atoms with E-state index in [1.807, 2.05) is 5.32 Å². The van der Waals surface area contributed by atoms with Gasteiger partial charge < -0.3 is 0 Å². The fourth-order valence-corrected chi connectivity index (χ4v) is 1.69. The van der Waals surface area contributed by atoms with Crippen molar-refractivity contribution in [3.63, 3.8) is 0 Å². The van der Waals surface area contributed by atoms with Crippen molar-refractivity contribution in [2.75, 3.05) is 6.54 Å². The number of hydrogen-bond acceptors (Lipinski definition) is 3. The molecule has 0 bridgehead atoms. The molecule has 1 aromatic rings. The number of benzene rings is 1. The first-order valence-corrected chi connectivity index (χ1v) is 5.70. The van der Waals surface area contributed by atoms with Crippen molar-refractivity contribution >= 4 is 17.8 Å². The third kappa shape index (κ3) is 3.51. The van der Waals surface area contributed by atoms with Gasteiger partial charge in [0.2, 0.25) is 11.8 Å². The van der Waals surface area contributed by atoms with Gasteiger partial charge in [0, 0.05) is 6.42 Å². The maximum absolute atomic E-state index is 12.9. The van der Waals surface area contributed by atoms with E-state index in [1.54, 1.807) is 12.1 Å². The molecule has 19 heavy (non-hydrogen) atoms. The van der Waals surface area contributed by atoms with Gasteiger partial charge in [-0.2, -0.15) is 0 Å². The van der Waals surface area contributed by atoms with Crippen LogP contribution in [-0.2, 0) is 16.0 Å². The molecule has 6 nitrogen and oxygen atoms in total. The minimum absolute atomic E-state index is 0.0986. The van der Waals surface area contributed by atoms with E-state index in [9.17, 15) is 18.8 Å². The Morgan fingerprint density at radius 3 is 2.84 bits per heavy atom. The van der Waals surface area contributed by atoms with Gasteiger partial charge in [-0.15, -0.1) is 0 Å². The highest BCUT2D eigenvalue weighted by atomic mass is 19.1. The van der Waals surface area contributed by atoms with E-state index in [2.05, 4.69) is 5.43 Å². The Balaban J connectivity index is 1.82. The molecule has 100 valence electrons. The number of rotatable bonds is 4. The van der Waals surface area contributed by atoms with Crippen molar-refractivity contribution in [3.8, 4) is 0 Å². The average molecular weight is 265 g/mol. The molecule has 2 N–H and O–H groups in total. The van der Waals surface area contributed by atoms with Crippen LogP contribution in [0.2, 0.25) is 0 Å². The highest BCUT2D eigenvalue weighted by molar-refractivity contribution is 6.02. The van der Waals surface area contributed by atoms with Crippen molar-refractivity contribution < 1.29 is 18.8 Å². The van der Waals surface area contributed by atoms with Crippen LogP contribution >= 0.6 is 0 Å². The summed E-state index contributed by atoms with van der Waals surface area (Å²) in [6, 6.07) is 5.30. The summed E-state index contributed by atoms with van der Waals surface area (Å²) in [6.45, 7) is -0.190. The maximum Gasteiger partial charge on any atom is 0.343 e. The zero-order valence-corrected chi connectivity index (χ0v) is 9.98. The molecule has 0 unspecified atom stereocenters. The van der Waals surface area contributed by atoms with Crippen LogP contribution < -0.4 is 10.7 Å². The monoisotopic (exact) mass is 265 g/mol. The minimum atomic E-state index is -0.649. The molecule has 1 heterocycles. The van der Waals surface area contributed by atoms with Crippen LogP contribution in [0.25, 0.3) is 0 Å². The first kappa shape index (κ1) is 13.0. The van der Waals surface area contributed by atoms with E-state index in [1.165, 1.54) is 12.1 Å². The van der Waals surface area contributed by atoms with Gasteiger partial charge in [-0.3, -0.25) is 20.3 Å². The highest BCUT2D eigenvalue weighted by Crippen LogP contribution is 2.06. The number of carbonyl (C=O) groups excluding carboxylic acids is 3. The predicted molar refractivity (Wildman–Crippen MR) is 63.1 cm³/mol. The summed E-state index contributed by atoms with van der Waals surface area (Å²) in [5, 5.41) is 2.95. The second-order valence-corrected chi connectivity index (χ2v) is 4.10. The van der Waals surface area contributed by atoms with E-state index in [-0.39, 0.29) is 18.8 Å². The first-order chi connectivity index (χ1) is 9.04. The number of nitrogens with one attached hydrogen (secondary N) is 2. The van der Waals surface area contributed by atoms with E-state index in [0.29, 0.717) is 12.0 Å². The molecule has 1 aromatic carbocycles. The smallest absolute Gasteiger partial charge is 0.275 e. The van der Waals surface area contributed by atoms with E-state index < -0.39 is 17.8 Å². The van der Waals surface area contributed by atoms with Gasteiger partial charge in [0.1, 0.15) is 12.4 Å². The van der Waals surface area contributed by atoms with Crippen LogP contribution in [0.15, 0.2) is 24.3 Å². The fourth-order valence-electron chi connectivity index (χ4n) is 1.69. The number of hydrazine groups is 1. The molecule has 4 amide bonds. The number of amides is 4. The topological polar surface area (TPSA) is 78.5 Å². The van der Waals surface area contributed by atoms with E-state index in [0.717, 1.165) is 5.01 Å². The van der Waals surface area contributed by atoms with Crippen molar-refractivity contribution in [3.05, 3.63) is 35.6 Å². The lowest BCUT2D eigenvalue weighted by Gasteiger charge is -2.14. The lowest BCUT2D eigenvalue weighted by Crippen LogP contribution is -2.44. The van der Waals surface area contributed by atoms with Crippen molar-refractivity contribution in [2.45, 2.75) is 12.8 Å². The van der Waals surface area contributed by atoms with Crippen LogP contribution in [0.5, 0.6) is 0 Å². The number of aryl methyl sites for hydroxylation is 1. The van der Waals surface area contributed by atoms with Gasteiger partial charge in [-0.05, 0) is 24.1 Å². The van der Waals surface area contributed by atoms with E-state index >= 15 is 0 Å². The molecular weight excluding hydrogens is 253 g/mol. The molecule has 0 atom stereocenters. The number of hydrogen-bond donors (Lipinski definition) is 2. The Labute approximate surface area is 108 Å². The minimum Gasteiger partial charge on any atom is -0.275 e. The highest BCUT2D eigenvalue weighted by Gasteiger charge is 2.27. The molecule has 1 aliphatic heterocycles. The Morgan fingerprint density at radius 1 is 1.42 bits per heavy atom. The number of urea groups is 1. The van der Waals surface area contributed by atoms with Crippen LogP contribution in [0.4, 0.5) is 9.18 Å². The molecule has 0 aromatic heterocycles. The second kappa shape index (κ2) is 5.47. The summed E-state index contributed by atoms with van der Waals surface area (Å²) >= 11 is 0. The van der Waals surface area contributed by atoms with Gasteiger partial charge in [0.15, 0.2) is 0 Å². The quantitative estimate of drug-likeness (QED) is 0.771. The Kier molecular flexibility index (Phi) is 3.74. The molecule has 1 fully saturated rings. The molecular formula is C12H12FN3O3. The summed E-state index contributed by atoms with van der Waals surface area (Å²) in [4.78, 5) is 33.6. The number of halogens is 1. The number of carbonyl (C=O) groups is 3. The van der Waals surface area contributed by atoms with Crippen LogP contribution in [0.3, 0.4) is 0 Å². The van der Waals surface area contributed by atoms with Crippen molar-refractivity contribution in [2.24, 2.45) is 0 Å². The molecule has 0 aliphatic carbocycles. The SMILES string of the molecule is O=C1CN(NC(=O)CCc2cccc(F)c2)C(=O)N1. The largest absolute Gasteiger partial charge is 0.343 e. The number of imide groups is 1. The Morgan fingerprint density at radius 2 is 2.21 bits per heavy atom. The standard InChI is InChI=1S/C12H12FN3O3/c13-9-3-1-2-8(6-9)4-5-10(17)15-16-7-11(18)14-12(16)19/h1-3,6H,4-5,7H2,(H,15,17)(H,14,18,19). The summed E-state index contributed by atoms with van der Waals surface area (Å²) in [5.41, 5.74) is 3.00. The maximum atomic E-state index is 12.9. The van der Waals surface area contributed by atoms with Crippen LogP contribution in [-0.4, -0.2) is 29.4 Å². The third-order valence-corrected chi connectivity index (χ3v) is 2.58. The number of nitrogens with zero attached hydrogens (tertiary/aromatic N) is 1. The molecule has 0 saturated carbocycles. The summed E-state index contributed by atoms with van der Waals surface area (Å²) in [5.74, 6) is -1.23. The normalized spacial score (nSPS) is 14.5. The summed E-state index contributed by atoms with van der Waals surface area (Å²) < 4.78 is 12.9. The lowest BCUT2D eigenvalue weighted by atomic mass is 10.1. The second-order valence-electron chi connectivity index (χ2n) is 4.10. The van der Waals surface area contributed by atoms with Gasteiger partial charge in [-0.25, -0.2) is 14.2 Å². The molecule has 7 heteroatoms. The predicted octanol–water partition coefficient (Wildman–Crippen LogP) is 0.341. The zero-order valence-electron chi connectivity index (χ0n) is 9.98. The Hall–Kier alpha value is -2.44. The van der Waals surface area contributed by atoms with Gasteiger partial charge in [-0.1, -0.05) is 12.1 Å². The van der Waals surface area contributed by atoms with E-state index in [4.69, 9.17) is 0 Å². The third-order valence-electron chi connectivity index (χ3n) is 2.58.